The molecule has 7 nitrogen and oxygen atoms in total. The lowest BCUT2D eigenvalue weighted by Gasteiger charge is -2.14. The number of hydrogen-bond acceptors (Lipinski definition) is 4. The summed E-state index contributed by atoms with van der Waals surface area (Å²) >= 11 is 0. The lowest BCUT2D eigenvalue weighted by atomic mass is 10.1. The second kappa shape index (κ2) is 10.0. The fourth-order valence-corrected chi connectivity index (χ4v) is 3.45. The van der Waals surface area contributed by atoms with Crippen molar-refractivity contribution in [3.8, 4) is 11.5 Å². The molecule has 162 valence electrons. The van der Waals surface area contributed by atoms with Crippen LogP contribution in [0.1, 0.15) is 30.3 Å². The van der Waals surface area contributed by atoms with Crippen LogP contribution in [-0.2, 0) is 13.1 Å². The van der Waals surface area contributed by atoms with Crippen molar-refractivity contribution in [3.05, 3.63) is 71.8 Å². The molecule has 0 fully saturated rings. The van der Waals surface area contributed by atoms with E-state index >= 15 is 0 Å². The van der Waals surface area contributed by atoms with Gasteiger partial charge in [0, 0.05) is 43.7 Å². The quantitative estimate of drug-likeness (QED) is 0.467. The molecule has 0 saturated heterocycles. The molecule has 2 N–H and O–H groups in total. The number of nitrogens with zero attached hydrogens (tertiary/aromatic N) is 3. The maximum Gasteiger partial charge on any atom is 0.196 e. The SMILES string of the molecule is CCNC(=NCc1cccc(Cn2ccnc2C)c1)Nc1ccc2c(c1)OCCCO2. The predicted octanol–water partition coefficient (Wildman–Crippen LogP) is 3.98. The van der Waals surface area contributed by atoms with Crippen LogP contribution in [0.15, 0.2) is 59.9 Å². The fourth-order valence-electron chi connectivity index (χ4n) is 3.45. The van der Waals surface area contributed by atoms with Crippen LogP contribution >= 0.6 is 0 Å². The number of aliphatic imine (C=N–C) groups is 1. The van der Waals surface area contributed by atoms with Gasteiger partial charge in [0.25, 0.3) is 0 Å². The molecule has 31 heavy (non-hydrogen) atoms. The van der Waals surface area contributed by atoms with Crippen LogP contribution < -0.4 is 20.1 Å². The van der Waals surface area contributed by atoms with Crippen molar-refractivity contribution in [3.63, 3.8) is 0 Å². The van der Waals surface area contributed by atoms with Crippen LogP contribution in [0.4, 0.5) is 5.69 Å². The Bertz CT molecular complexity index is 1040. The van der Waals surface area contributed by atoms with E-state index in [1.54, 1.807) is 0 Å². The zero-order valence-electron chi connectivity index (χ0n) is 18.1. The minimum atomic E-state index is 0.580. The van der Waals surface area contributed by atoms with Gasteiger partial charge in [0.05, 0.1) is 19.8 Å². The monoisotopic (exact) mass is 419 g/mol. The molecule has 0 amide bonds. The minimum Gasteiger partial charge on any atom is -0.490 e. The van der Waals surface area contributed by atoms with Gasteiger partial charge in [-0.3, -0.25) is 0 Å². The predicted molar refractivity (Wildman–Crippen MR) is 123 cm³/mol. The molecule has 0 atom stereocenters. The van der Waals surface area contributed by atoms with Gasteiger partial charge in [0.2, 0.25) is 0 Å². The number of anilines is 1. The summed E-state index contributed by atoms with van der Waals surface area (Å²) in [6.07, 6.45) is 4.72. The van der Waals surface area contributed by atoms with Crippen LogP contribution in [0, 0.1) is 6.92 Å². The average Bonchev–Trinajstić information content (AvgIpc) is 3.03. The number of hydrogen-bond donors (Lipinski definition) is 2. The van der Waals surface area contributed by atoms with E-state index in [0.29, 0.717) is 19.8 Å². The van der Waals surface area contributed by atoms with Crippen molar-refractivity contribution in [1.82, 2.24) is 14.9 Å². The topological polar surface area (TPSA) is 72.7 Å². The largest absolute Gasteiger partial charge is 0.490 e. The minimum absolute atomic E-state index is 0.580. The van der Waals surface area contributed by atoms with E-state index in [2.05, 4.69) is 51.4 Å². The molecule has 2 aromatic carbocycles. The van der Waals surface area contributed by atoms with Crippen LogP contribution in [0.3, 0.4) is 0 Å². The summed E-state index contributed by atoms with van der Waals surface area (Å²) in [5.41, 5.74) is 3.30. The average molecular weight is 420 g/mol. The van der Waals surface area contributed by atoms with Crippen LogP contribution in [0.2, 0.25) is 0 Å². The van der Waals surface area contributed by atoms with Crippen molar-refractivity contribution < 1.29 is 9.47 Å². The van der Waals surface area contributed by atoms with Crippen molar-refractivity contribution in [1.29, 1.82) is 0 Å². The normalized spacial score (nSPS) is 13.5. The van der Waals surface area contributed by atoms with Crippen LogP contribution in [0.5, 0.6) is 11.5 Å². The van der Waals surface area contributed by atoms with Gasteiger partial charge in [-0.2, -0.15) is 0 Å². The molecule has 4 rings (SSSR count). The molecule has 0 radical (unpaired) electrons. The standard InChI is InChI=1S/C24H29N5O2/c1-3-25-24(28-21-8-9-22-23(15-21)31-13-5-12-30-22)27-16-19-6-4-7-20(14-19)17-29-11-10-26-18(29)2/h4,6-11,14-15H,3,5,12-13,16-17H2,1-2H3,(H2,25,27,28). The lowest BCUT2D eigenvalue weighted by Crippen LogP contribution is -2.30. The number of benzene rings is 2. The van der Waals surface area contributed by atoms with Gasteiger partial charge < -0.3 is 24.7 Å². The zero-order chi connectivity index (χ0) is 21.5. The van der Waals surface area contributed by atoms with Crippen molar-refractivity contribution in [2.24, 2.45) is 4.99 Å². The second-order valence-corrected chi connectivity index (χ2v) is 7.45. The van der Waals surface area contributed by atoms with Crippen molar-refractivity contribution in [2.45, 2.75) is 33.4 Å². The summed E-state index contributed by atoms with van der Waals surface area (Å²) in [6, 6.07) is 14.4. The van der Waals surface area contributed by atoms with Crippen molar-refractivity contribution >= 4 is 11.6 Å². The third kappa shape index (κ3) is 5.57. The summed E-state index contributed by atoms with van der Waals surface area (Å²) < 4.78 is 13.6. The van der Waals surface area contributed by atoms with E-state index in [9.17, 15) is 0 Å². The first kappa shape index (κ1) is 20.8. The Kier molecular flexibility index (Phi) is 6.72. The number of aromatic nitrogens is 2. The number of rotatable bonds is 6. The molecule has 0 spiro atoms. The van der Waals surface area contributed by atoms with Gasteiger partial charge in [-0.1, -0.05) is 24.3 Å². The van der Waals surface area contributed by atoms with Gasteiger partial charge >= 0.3 is 0 Å². The van der Waals surface area contributed by atoms with Gasteiger partial charge in [-0.05, 0) is 37.1 Å². The van der Waals surface area contributed by atoms with E-state index in [0.717, 1.165) is 54.0 Å². The smallest absolute Gasteiger partial charge is 0.196 e. The summed E-state index contributed by atoms with van der Waals surface area (Å²) in [5.74, 6) is 3.29. The first-order valence-electron chi connectivity index (χ1n) is 10.7. The first-order chi connectivity index (χ1) is 15.2. The molecular formula is C24H29N5O2. The molecule has 7 heteroatoms. The first-order valence-corrected chi connectivity index (χ1v) is 10.7. The lowest BCUT2D eigenvalue weighted by molar-refractivity contribution is 0.297. The molecule has 1 aromatic heterocycles. The Hall–Kier alpha value is -3.48. The summed E-state index contributed by atoms with van der Waals surface area (Å²) in [4.78, 5) is 9.06. The molecule has 3 aromatic rings. The Morgan fingerprint density at radius 3 is 2.74 bits per heavy atom. The van der Waals surface area contributed by atoms with E-state index in [-0.39, 0.29) is 0 Å². The summed E-state index contributed by atoms with van der Waals surface area (Å²) in [5, 5.41) is 6.68. The maximum absolute atomic E-state index is 5.79. The van der Waals surface area contributed by atoms with Gasteiger partial charge in [-0.15, -0.1) is 0 Å². The molecule has 2 heterocycles. The van der Waals surface area contributed by atoms with Gasteiger partial charge in [-0.25, -0.2) is 9.98 Å². The number of aryl methyl sites for hydroxylation is 1. The highest BCUT2D eigenvalue weighted by molar-refractivity contribution is 5.93. The Balaban J connectivity index is 1.45. The van der Waals surface area contributed by atoms with E-state index in [1.165, 1.54) is 5.56 Å². The zero-order valence-corrected chi connectivity index (χ0v) is 18.1. The second-order valence-electron chi connectivity index (χ2n) is 7.45. The third-order valence-electron chi connectivity index (χ3n) is 5.04. The maximum atomic E-state index is 5.79. The highest BCUT2D eigenvalue weighted by Crippen LogP contribution is 2.32. The number of guanidine groups is 1. The van der Waals surface area contributed by atoms with Gasteiger partial charge in [0.1, 0.15) is 5.82 Å². The molecule has 0 unspecified atom stereocenters. The van der Waals surface area contributed by atoms with Crippen molar-refractivity contribution in [2.75, 3.05) is 25.1 Å². The number of imidazole rings is 1. The molecule has 0 aliphatic carbocycles. The molecule has 0 saturated carbocycles. The Morgan fingerprint density at radius 2 is 1.94 bits per heavy atom. The molecule has 0 bridgehead atoms. The van der Waals surface area contributed by atoms with Gasteiger partial charge in [0.15, 0.2) is 17.5 Å². The van der Waals surface area contributed by atoms with E-state index in [1.807, 2.05) is 37.5 Å². The Labute approximate surface area is 183 Å². The number of fused-ring (bicyclic) bond motifs is 1. The highest BCUT2D eigenvalue weighted by Gasteiger charge is 2.11. The third-order valence-corrected chi connectivity index (χ3v) is 5.04. The summed E-state index contributed by atoms with van der Waals surface area (Å²) in [6.45, 7) is 7.58. The molecular weight excluding hydrogens is 390 g/mol. The fraction of sp³-hybridized carbons (Fsp3) is 0.333. The van der Waals surface area contributed by atoms with Crippen LogP contribution in [0.25, 0.3) is 0 Å². The summed E-state index contributed by atoms with van der Waals surface area (Å²) in [7, 11) is 0. The number of ether oxygens (including phenoxy) is 2. The molecule has 1 aliphatic heterocycles. The highest BCUT2D eigenvalue weighted by atomic mass is 16.5. The Morgan fingerprint density at radius 1 is 1.10 bits per heavy atom. The van der Waals surface area contributed by atoms with E-state index in [4.69, 9.17) is 14.5 Å². The number of nitrogens with one attached hydrogen (secondary N) is 2. The van der Waals surface area contributed by atoms with Crippen LogP contribution in [-0.4, -0.2) is 35.3 Å². The van der Waals surface area contributed by atoms with E-state index < -0.39 is 0 Å². The molecule has 1 aliphatic rings.